The van der Waals surface area contributed by atoms with Crippen LogP contribution in [0.3, 0.4) is 0 Å². The van der Waals surface area contributed by atoms with E-state index in [1.807, 2.05) is 12.1 Å². The SMILES string of the molecule is CCc1cccc(Cl)c1CN1CCOC(CN)C1. The summed E-state index contributed by atoms with van der Waals surface area (Å²) in [5.74, 6) is 0. The van der Waals surface area contributed by atoms with Gasteiger partial charge in [0.25, 0.3) is 0 Å². The molecule has 1 fully saturated rings. The molecule has 1 aromatic carbocycles. The molecule has 0 amide bonds. The van der Waals surface area contributed by atoms with Crippen molar-refractivity contribution in [1.82, 2.24) is 4.90 Å². The number of morpholine rings is 1. The smallest absolute Gasteiger partial charge is 0.0824 e. The molecule has 0 saturated carbocycles. The molecule has 1 heterocycles. The Balaban J connectivity index is 2.09. The van der Waals surface area contributed by atoms with Crippen LogP contribution < -0.4 is 5.73 Å². The van der Waals surface area contributed by atoms with Crippen LogP contribution in [0.15, 0.2) is 18.2 Å². The summed E-state index contributed by atoms with van der Waals surface area (Å²) in [6.07, 6.45) is 1.17. The molecule has 0 aliphatic carbocycles. The fourth-order valence-corrected chi connectivity index (χ4v) is 2.66. The highest BCUT2D eigenvalue weighted by Gasteiger charge is 2.20. The number of hydrogen-bond donors (Lipinski definition) is 1. The van der Waals surface area contributed by atoms with Crippen molar-refractivity contribution in [3.05, 3.63) is 34.3 Å². The van der Waals surface area contributed by atoms with Gasteiger partial charge in [0, 0.05) is 31.2 Å². The molecule has 18 heavy (non-hydrogen) atoms. The van der Waals surface area contributed by atoms with E-state index in [4.69, 9.17) is 22.1 Å². The molecule has 2 N–H and O–H groups in total. The zero-order valence-corrected chi connectivity index (χ0v) is 11.6. The summed E-state index contributed by atoms with van der Waals surface area (Å²) in [5.41, 5.74) is 8.25. The van der Waals surface area contributed by atoms with Gasteiger partial charge >= 0.3 is 0 Å². The lowest BCUT2D eigenvalue weighted by atomic mass is 10.0. The number of nitrogens with zero attached hydrogens (tertiary/aromatic N) is 1. The van der Waals surface area contributed by atoms with Gasteiger partial charge < -0.3 is 10.5 Å². The molecule has 0 aromatic heterocycles. The highest BCUT2D eigenvalue weighted by molar-refractivity contribution is 6.31. The van der Waals surface area contributed by atoms with Crippen molar-refractivity contribution in [2.24, 2.45) is 5.73 Å². The van der Waals surface area contributed by atoms with Crippen molar-refractivity contribution in [2.45, 2.75) is 26.0 Å². The first-order valence-electron chi connectivity index (χ1n) is 6.55. The van der Waals surface area contributed by atoms with E-state index in [-0.39, 0.29) is 6.10 Å². The number of ether oxygens (including phenoxy) is 1. The molecular weight excluding hydrogens is 248 g/mol. The van der Waals surface area contributed by atoms with Gasteiger partial charge in [-0.15, -0.1) is 0 Å². The van der Waals surface area contributed by atoms with Crippen molar-refractivity contribution in [2.75, 3.05) is 26.2 Å². The quantitative estimate of drug-likeness (QED) is 0.909. The molecule has 3 nitrogen and oxygen atoms in total. The van der Waals surface area contributed by atoms with Crippen molar-refractivity contribution >= 4 is 11.6 Å². The van der Waals surface area contributed by atoms with Crippen molar-refractivity contribution in [1.29, 1.82) is 0 Å². The number of halogens is 1. The number of rotatable bonds is 4. The van der Waals surface area contributed by atoms with Gasteiger partial charge in [-0.3, -0.25) is 4.90 Å². The van der Waals surface area contributed by atoms with Crippen molar-refractivity contribution < 1.29 is 4.74 Å². The normalized spacial score (nSPS) is 21.2. The first-order chi connectivity index (χ1) is 8.74. The minimum Gasteiger partial charge on any atom is -0.374 e. The third kappa shape index (κ3) is 3.23. The predicted molar refractivity (Wildman–Crippen MR) is 74.9 cm³/mol. The van der Waals surface area contributed by atoms with Crippen LogP contribution in [0, 0.1) is 0 Å². The summed E-state index contributed by atoms with van der Waals surface area (Å²) in [5, 5.41) is 0.866. The van der Waals surface area contributed by atoms with E-state index in [0.29, 0.717) is 6.54 Å². The van der Waals surface area contributed by atoms with Gasteiger partial charge in [-0.2, -0.15) is 0 Å². The van der Waals surface area contributed by atoms with E-state index in [1.165, 1.54) is 11.1 Å². The lowest BCUT2D eigenvalue weighted by Gasteiger charge is -2.33. The van der Waals surface area contributed by atoms with E-state index in [2.05, 4.69) is 17.9 Å². The lowest BCUT2D eigenvalue weighted by Crippen LogP contribution is -2.45. The maximum absolute atomic E-state index is 6.32. The molecule has 100 valence electrons. The lowest BCUT2D eigenvalue weighted by molar-refractivity contribution is -0.0261. The summed E-state index contributed by atoms with van der Waals surface area (Å²) in [7, 11) is 0. The Morgan fingerprint density at radius 1 is 1.50 bits per heavy atom. The largest absolute Gasteiger partial charge is 0.374 e. The van der Waals surface area contributed by atoms with Crippen LogP contribution in [0.1, 0.15) is 18.1 Å². The Morgan fingerprint density at radius 2 is 2.33 bits per heavy atom. The fraction of sp³-hybridized carbons (Fsp3) is 0.571. The molecule has 0 spiro atoms. The van der Waals surface area contributed by atoms with E-state index in [9.17, 15) is 0 Å². The molecule has 4 heteroatoms. The monoisotopic (exact) mass is 268 g/mol. The molecule has 1 aliphatic rings. The highest BCUT2D eigenvalue weighted by Crippen LogP contribution is 2.23. The first-order valence-corrected chi connectivity index (χ1v) is 6.92. The van der Waals surface area contributed by atoms with Crippen LogP contribution in [0.5, 0.6) is 0 Å². The second kappa shape index (κ2) is 6.53. The van der Waals surface area contributed by atoms with Crippen LogP contribution in [0.4, 0.5) is 0 Å². The Kier molecular flexibility index (Phi) is 5.01. The zero-order valence-electron chi connectivity index (χ0n) is 10.9. The minimum absolute atomic E-state index is 0.159. The zero-order chi connectivity index (χ0) is 13.0. The molecule has 0 bridgehead atoms. The van der Waals surface area contributed by atoms with E-state index < -0.39 is 0 Å². The second-order valence-electron chi connectivity index (χ2n) is 4.69. The van der Waals surface area contributed by atoms with Gasteiger partial charge in [-0.25, -0.2) is 0 Å². The Morgan fingerprint density at radius 3 is 3.06 bits per heavy atom. The van der Waals surface area contributed by atoms with Crippen LogP contribution in [-0.2, 0) is 17.7 Å². The van der Waals surface area contributed by atoms with E-state index >= 15 is 0 Å². The average molecular weight is 269 g/mol. The van der Waals surface area contributed by atoms with Gasteiger partial charge in [-0.05, 0) is 23.6 Å². The molecule has 1 unspecified atom stereocenters. The predicted octanol–water partition coefficient (Wildman–Crippen LogP) is 2.06. The fourth-order valence-electron chi connectivity index (χ4n) is 2.40. The van der Waals surface area contributed by atoms with Crippen LogP contribution in [0.2, 0.25) is 5.02 Å². The first kappa shape index (κ1) is 13.8. The summed E-state index contributed by atoms with van der Waals surface area (Å²) in [4.78, 5) is 2.38. The summed E-state index contributed by atoms with van der Waals surface area (Å²) >= 11 is 6.32. The van der Waals surface area contributed by atoms with Gasteiger partial charge in [0.1, 0.15) is 0 Å². The third-order valence-electron chi connectivity index (χ3n) is 3.46. The van der Waals surface area contributed by atoms with Gasteiger partial charge in [0.2, 0.25) is 0 Å². The van der Waals surface area contributed by atoms with E-state index in [1.54, 1.807) is 0 Å². The maximum atomic E-state index is 6.32. The Bertz CT molecular complexity index is 397. The van der Waals surface area contributed by atoms with Crippen LogP contribution >= 0.6 is 11.6 Å². The maximum Gasteiger partial charge on any atom is 0.0824 e. The molecule has 1 atom stereocenters. The Labute approximate surface area is 114 Å². The van der Waals surface area contributed by atoms with Gasteiger partial charge in [0.15, 0.2) is 0 Å². The molecular formula is C14H21ClN2O. The van der Waals surface area contributed by atoms with Crippen molar-refractivity contribution in [3.8, 4) is 0 Å². The number of aryl methyl sites for hydroxylation is 1. The molecule has 2 rings (SSSR count). The van der Waals surface area contributed by atoms with Crippen LogP contribution in [-0.4, -0.2) is 37.2 Å². The topological polar surface area (TPSA) is 38.5 Å². The number of benzene rings is 1. The minimum atomic E-state index is 0.159. The van der Waals surface area contributed by atoms with Gasteiger partial charge in [-0.1, -0.05) is 30.7 Å². The summed E-state index contributed by atoms with van der Waals surface area (Å²) in [6, 6.07) is 6.14. The molecule has 1 aromatic rings. The number of hydrogen-bond acceptors (Lipinski definition) is 3. The molecule has 0 radical (unpaired) electrons. The standard InChI is InChI=1S/C14H21ClN2O/c1-2-11-4-3-5-14(15)13(11)10-17-6-7-18-12(8-16)9-17/h3-5,12H,2,6-10,16H2,1H3. The van der Waals surface area contributed by atoms with Gasteiger partial charge in [0.05, 0.1) is 12.7 Å². The molecule has 1 saturated heterocycles. The number of nitrogens with two attached hydrogens (primary N) is 1. The van der Waals surface area contributed by atoms with E-state index in [0.717, 1.165) is 37.7 Å². The summed E-state index contributed by atoms with van der Waals surface area (Å²) < 4.78 is 5.58. The van der Waals surface area contributed by atoms with Crippen molar-refractivity contribution in [3.63, 3.8) is 0 Å². The highest BCUT2D eigenvalue weighted by atomic mass is 35.5. The third-order valence-corrected chi connectivity index (χ3v) is 3.82. The average Bonchev–Trinajstić information content (AvgIpc) is 2.41. The Hall–Kier alpha value is -0.610. The molecule has 1 aliphatic heterocycles. The second-order valence-corrected chi connectivity index (χ2v) is 5.10. The summed E-state index contributed by atoms with van der Waals surface area (Å²) in [6.45, 7) is 6.24. The van der Waals surface area contributed by atoms with Crippen LogP contribution in [0.25, 0.3) is 0 Å².